The van der Waals surface area contributed by atoms with E-state index in [0.29, 0.717) is 18.8 Å². The molecule has 2 aromatic heterocycles. The highest BCUT2D eigenvalue weighted by Gasteiger charge is 2.24. The van der Waals surface area contributed by atoms with E-state index in [-0.39, 0.29) is 11.5 Å². The summed E-state index contributed by atoms with van der Waals surface area (Å²) in [6, 6.07) is 5.16. The van der Waals surface area contributed by atoms with E-state index in [1.54, 1.807) is 6.20 Å². The fourth-order valence-electron chi connectivity index (χ4n) is 3.69. The number of hydrogen-bond acceptors (Lipinski definition) is 6. The molecule has 2 aliphatic rings. The third-order valence-electron chi connectivity index (χ3n) is 5.25. The molecule has 1 amide bonds. The second-order valence-electron chi connectivity index (χ2n) is 7.00. The molecule has 1 N–H and O–H groups in total. The number of rotatable bonds is 3. The Bertz CT molecular complexity index is 833. The van der Waals surface area contributed by atoms with E-state index in [2.05, 4.69) is 24.8 Å². The number of carbonyl (C=O) groups excluding carboxylic acids is 1. The van der Waals surface area contributed by atoms with Crippen LogP contribution in [-0.4, -0.2) is 65.0 Å². The van der Waals surface area contributed by atoms with Crippen LogP contribution in [0.2, 0.25) is 0 Å². The molecular formula is C19H24N6O2. The standard InChI is InChI=1S/C19H24N6O2/c26-18-5-4-15(13-20-18)23-8-10-25(11-9-23)19(27)16-12-17(22-14-21-16)24-6-2-1-3-7-24/h4-5,12-14H,1-3,6-11H2,(H,20,26). The Morgan fingerprint density at radius 1 is 0.926 bits per heavy atom. The zero-order valence-corrected chi connectivity index (χ0v) is 15.3. The average Bonchev–Trinajstić information content (AvgIpc) is 2.75. The number of piperazine rings is 1. The van der Waals surface area contributed by atoms with Gasteiger partial charge in [-0.05, 0) is 25.3 Å². The third kappa shape index (κ3) is 3.94. The predicted octanol–water partition coefficient (Wildman–Crippen LogP) is 1.12. The van der Waals surface area contributed by atoms with Gasteiger partial charge in [-0.25, -0.2) is 9.97 Å². The summed E-state index contributed by atoms with van der Waals surface area (Å²) in [7, 11) is 0. The number of nitrogens with one attached hydrogen (secondary N) is 1. The van der Waals surface area contributed by atoms with Crippen molar-refractivity contribution in [3.8, 4) is 0 Å². The molecule has 142 valence electrons. The monoisotopic (exact) mass is 368 g/mol. The van der Waals surface area contributed by atoms with E-state index < -0.39 is 0 Å². The summed E-state index contributed by atoms with van der Waals surface area (Å²) in [4.78, 5) is 41.6. The van der Waals surface area contributed by atoms with Gasteiger partial charge in [-0.1, -0.05) is 0 Å². The molecule has 2 fully saturated rings. The SMILES string of the molecule is O=C(c1cc(N2CCCCC2)ncn1)N1CCN(c2ccc(=O)[nH]c2)CC1. The Balaban J connectivity index is 1.40. The first-order chi connectivity index (χ1) is 13.2. The van der Waals surface area contributed by atoms with Crippen molar-refractivity contribution >= 4 is 17.4 Å². The molecule has 0 unspecified atom stereocenters. The van der Waals surface area contributed by atoms with Gasteiger partial charge in [0.15, 0.2) is 0 Å². The Morgan fingerprint density at radius 2 is 1.70 bits per heavy atom. The average molecular weight is 368 g/mol. The molecule has 27 heavy (non-hydrogen) atoms. The van der Waals surface area contributed by atoms with E-state index in [1.807, 2.05) is 17.0 Å². The van der Waals surface area contributed by atoms with Gasteiger partial charge < -0.3 is 19.7 Å². The summed E-state index contributed by atoms with van der Waals surface area (Å²) < 4.78 is 0. The first-order valence-electron chi connectivity index (χ1n) is 9.51. The van der Waals surface area contributed by atoms with E-state index in [4.69, 9.17) is 0 Å². The molecular weight excluding hydrogens is 344 g/mol. The molecule has 0 atom stereocenters. The quantitative estimate of drug-likeness (QED) is 0.874. The number of anilines is 2. The summed E-state index contributed by atoms with van der Waals surface area (Å²) in [6.07, 6.45) is 6.80. The first-order valence-corrected chi connectivity index (χ1v) is 9.51. The van der Waals surface area contributed by atoms with Gasteiger partial charge in [-0.3, -0.25) is 9.59 Å². The summed E-state index contributed by atoms with van der Waals surface area (Å²) in [5.41, 5.74) is 1.32. The Labute approximate surface area is 157 Å². The molecule has 0 radical (unpaired) electrons. The van der Waals surface area contributed by atoms with Gasteiger partial charge in [0.1, 0.15) is 17.8 Å². The maximum Gasteiger partial charge on any atom is 0.272 e. The molecule has 0 bridgehead atoms. The van der Waals surface area contributed by atoms with Crippen molar-refractivity contribution < 1.29 is 4.79 Å². The fourth-order valence-corrected chi connectivity index (χ4v) is 3.69. The maximum atomic E-state index is 12.9. The number of H-pyrrole nitrogens is 1. The van der Waals surface area contributed by atoms with Gasteiger partial charge in [0, 0.05) is 57.6 Å². The highest BCUT2D eigenvalue weighted by atomic mass is 16.2. The predicted molar refractivity (Wildman–Crippen MR) is 103 cm³/mol. The summed E-state index contributed by atoms with van der Waals surface area (Å²) >= 11 is 0. The van der Waals surface area contributed by atoms with Crippen LogP contribution >= 0.6 is 0 Å². The normalized spacial score (nSPS) is 17.9. The molecule has 0 aromatic carbocycles. The third-order valence-corrected chi connectivity index (χ3v) is 5.25. The lowest BCUT2D eigenvalue weighted by Crippen LogP contribution is -2.49. The lowest BCUT2D eigenvalue weighted by Gasteiger charge is -2.36. The van der Waals surface area contributed by atoms with Gasteiger partial charge in [0.05, 0.1) is 5.69 Å². The molecule has 2 aromatic rings. The van der Waals surface area contributed by atoms with Gasteiger partial charge >= 0.3 is 0 Å². The molecule has 4 heterocycles. The van der Waals surface area contributed by atoms with Crippen LogP contribution in [0.5, 0.6) is 0 Å². The van der Waals surface area contributed by atoms with Gasteiger partial charge in [-0.15, -0.1) is 0 Å². The number of aromatic nitrogens is 3. The van der Waals surface area contributed by atoms with Crippen LogP contribution in [0.4, 0.5) is 11.5 Å². The van der Waals surface area contributed by atoms with Crippen LogP contribution < -0.4 is 15.4 Å². The minimum atomic E-state index is -0.110. The first kappa shape index (κ1) is 17.5. The van der Waals surface area contributed by atoms with E-state index >= 15 is 0 Å². The van der Waals surface area contributed by atoms with Crippen molar-refractivity contribution in [2.75, 3.05) is 49.1 Å². The number of pyridine rings is 1. The lowest BCUT2D eigenvalue weighted by molar-refractivity contribution is 0.0740. The molecule has 4 rings (SSSR count). The maximum absolute atomic E-state index is 12.9. The number of hydrogen-bond donors (Lipinski definition) is 1. The molecule has 8 nitrogen and oxygen atoms in total. The van der Waals surface area contributed by atoms with Crippen LogP contribution in [0.1, 0.15) is 29.8 Å². The van der Waals surface area contributed by atoms with Gasteiger partial charge in [0.25, 0.3) is 5.91 Å². The molecule has 2 saturated heterocycles. The number of nitrogens with zero attached hydrogens (tertiary/aromatic N) is 5. The smallest absolute Gasteiger partial charge is 0.272 e. The van der Waals surface area contributed by atoms with Crippen molar-refractivity contribution in [2.45, 2.75) is 19.3 Å². The summed E-state index contributed by atoms with van der Waals surface area (Å²) in [5, 5.41) is 0. The Hall–Kier alpha value is -2.90. The summed E-state index contributed by atoms with van der Waals surface area (Å²) in [5.74, 6) is 0.803. The largest absolute Gasteiger partial charge is 0.367 e. The number of piperidine rings is 1. The summed E-state index contributed by atoms with van der Waals surface area (Å²) in [6.45, 7) is 4.68. The van der Waals surface area contributed by atoms with Crippen LogP contribution in [0.25, 0.3) is 0 Å². The minimum absolute atomic E-state index is 0.0446. The van der Waals surface area contributed by atoms with Crippen molar-refractivity contribution in [1.29, 1.82) is 0 Å². The van der Waals surface area contributed by atoms with Gasteiger partial charge in [0.2, 0.25) is 5.56 Å². The van der Waals surface area contributed by atoms with Crippen molar-refractivity contribution in [2.24, 2.45) is 0 Å². The van der Waals surface area contributed by atoms with Crippen LogP contribution in [0, 0.1) is 0 Å². The molecule has 0 spiro atoms. The Morgan fingerprint density at radius 3 is 2.41 bits per heavy atom. The zero-order valence-electron chi connectivity index (χ0n) is 15.3. The molecule has 2 aliphatic heterocycles. The van der Waals surface area contributed by atoms with E-state index in [9.17, 15) is 9.59 Å². The molecule has 8 heteroatoms. The number of aromatic amines is 1. The van der Waals surface area contributed by atoms with E-state index in [0.717, 1.165) is 37.7 Å². The Kier molecular flexibility index (Phi) is 5.04. The second kappa shape index (κ2) is 7.77. The second-order valence-corrected chi connectivity index (χ2v) is 7.00. The van der Waals surface area contributed by atoms with Crippen molar-refractivity contribution in [1.82, 2.24) is 19.9 Å². The molecule has 0 saturated carbocycles. The highest BCUT2D eigenvalue weighted by Crippen LogP contribution is 2.19. The van der Waals surface area contributed by atoms with Crippen LogP contribution in [-0.2, 0) is 0 Å². The van der Waals surface area contributed by atoms with Crippen molar-refractivity contribution in [3.63, 3.8) is 0 Å². The van der Waals surface area contributed by atoms with E-state index in [1.165, 1.54) is 31.7 Å². The number of carbonyl (C=O) groups is 1. The zero-order chi connectivity index (χ0) is 18.6. The van der Waals surface area contributed by atoms with Crippen LogP contribution in [0.3, 0.4) is 0 Å². The number of amides is 1. The topological polar surface area (TPSA) is 85.4 Å². The highest BCUT2D eigenvalue weighted by molar-refractivity contribution is 5.93. The van der Waals surface area contributed by atoms with Gasteiger partial charge in [-0.2, -0.15) is 0 Å². The van der Waals surface area contributed by atoms with Crippen molar-refractivity contribution in [3.05, 3.63) is 46.8 Å². The lowest BCUT2D eigenvalue weighted by atomic mass is 10.1. The molecule has 0 aliphatic carbocycles. The minimum Gasteiger partial charge on any atom is -0.367 e. The fraction of sp³-hybridized carbons (Fsp3) is 0.474. The van der Waals surface area contributed by atoms with Crippen LogP contribution in [0.15, 0.2) is 35.5 Å².